The quantitative estimate of drug-likeness (QED) is 0.792. The summed E-state index contributed by atoms with van der Waals surface area (Å²) in [7, 11) is 0. The van der Waals surface area contributed by atoms with E-state index < -0.39 is 6.43 Å². The second-order valence-electron chi connectivity index (χ2n) is 3.33. The third-order valence-electron chi connectivity index (χ3n) is 2.14. The van der Waals surface area contributed by atoms with E-state index in [9.17, 15) is 8.78 Å². The minimum absolute atomic E-state index is 0.0383. The van der Waals surface area contributed by atoms with Gasteiger partial charge in [-0.2, -0.15) is 0 Å². The standard InChI is InChI=1S/C11H14F2O/c1-8-4-5-10(11(12)13)9(7-8)3-2-6-14/h4-5,7,11,14H,2-3,6H2,1H3. The molecule has 0 aliphatic rings. The molecule has 1 aromatic rings. The summed E-state index contributed by atoms with van der Waals surface area (Å²) in [5, 5.41) is 8.64. The highest BCUT2D eigenvalue weighted by Crippen LogP contribution is 2.24. The first-order chi connectivity index (χ1) is 6.65. The van der Waals surface area contributed by atoms with Crippen LogP contribution < -0.4 is 0 Å². The summed E-state index contributed by atoms with van der Waals surface area (Å²) in [5.41, 5.74) is 1.71. The van der Waals surface area contributed by atoms with Crippen LogP contribution in [0.25, 0.3) is 0 Å². The van der Waals surface area contributed by atoms with E-state index >= 15 is 0 Å². The van der Waals surface area contributed by atoms with Gasteiger partial charge in [0.15, 0.2) is 0 Å². The molecule has 78 valence electrons. The molecule has 14 heavy (non-hydrogen) atoms. The van der Waals surface area contributed by atoms with Crippen LogP contribution in [0, 0.1) is 6.92 Å². The molecule has 0 atom stereocenters. The SMILES string of the molecule is Cc1ccc(C(F)F)c(CCCO)c1. The molecule has 1 rings (SSSR count). The van der Waals surface area contributed by atoms with Crippen molar-refractivity contribution in [2.45, 2.75) is 26.2 Å². The van der Waals surface area contributed by atoms with Crippen LogP contribution in [-0.2, 0) is 6.42 Å². The largest absolute Gasteiger partial charge is 0.396 e. The molecule has 0 fully saturated rings. The zero-order valence-corrected chi connectivity index (χ0v) is 8.13. The van der Waals surface area contributed by atoms with Gasteiger partial charge in [-0.1, -0.05) is 23.8 Å². The lowest BCUT2D eigenvalue weighted by atomic mass is 10.0. The van der Waals surface area contributed by atoms with Gasteiger partial charge in [0.2, 0.25) is 0 Å². The van der Waals surface area contributed by atoms with Gasteiger partial charge in [0, 0.05) is 12.2 Å². The van der Waals surface area contributed by atoms with E-state index in [4.69, 9.17) is 5.11 Å². The van der Waals surface area contributed by atoms with Gasteiger partial charge >= 0.3 is 0 Å². The monoisotopic (exact) mass is 200 g/mol. The molecule has 1 aromatic carbocycles. The average Bonchev–Trinajstić information content (AvgIpc) is 2.14. The summed E-state index contributed by atoms with van der Waals surface area (Å²) >= 11 is 0. The topological polar surface area (TPSA) is 20.2 Å². The maximum atomic E-state index is 12.5. The molecule has 0 saturated carbocycles. The number of halogens is 2. The van der Waals surface area contributed by atoms with E-state index in [1.54, 1.807) is 12.1 Å². The molecule has 0 bridgehead atoms. The van der Waals surface area contributed by atoms with Gasteiger partial charge in [-0.3, -0.25) is 0 Å². The molecule has 0 amide bonds. The zero-order chi connectivity index (χ0) is 10.6. The van der Waals surface area contributed by atoms with Crippen LogP contribution in [0.1, 0.15) is 29.5 Å². The summed E-state index contributed by atoms with van der Waals surface area (Å²) in [4.78, 5) is 0. The molecule has 1 N–H and O–H groups in total. The third-order valence-corrected chi connectivity index (χ3v) is 2.14. The Bertz CT molecular complexity index is 297. The lowest BCUT2D eigenvalue weighted by Gasteiger charge is -2.09. The molecule has 0 unspecified atom stereocenters. The summed E-state index contributed by atoms with van der Waals surface area (Å²) in [6.07, 6.45) is -1.38. The molecular weight excluding hydrogens is 186 g/mol. The number of aliphatic hydroxyl groups is 1. The second kappa shape index (κ2) is 5.05. The van der Waals surface area contributed by atoms with Gasteiger partial charge in [0.25, 0.3) is 6.43 Å². The van der Waals surface area contributed by atoms with E-state index in [0.29, 0.717) is 18.4 Å². The molecule has 0 heterocycles. The summed E-state index contributed by atoms with van der Waals surface area (Å²) in [5.74, 6) is 0. The fourth-order valence-electron chi connectivity index (χ4n) is 1.43. The molecule has 1 nitrogen and oxygen atoms in total. The van der Waals surface area contributed by atoms with Crippen LogP contribution in [-0.4, -0.2) is 11.7 Å². The highest BCUT2D eigenvalue weighted by atomic mass is 19.3. The van der Waals surface area contributed by atoms with Crippen LogP contribution in [0.3, 0.4) is 0 Å². The van der Waals surface area contributed by atoms with Crippen LogP contribution in [0.15, 0.2) is 18.2 Å². The van der Waals surface area contributed by atoms with Gasteiger partial charge in [0.05, 0.1) is 0 Å². The summed E-state index contributed by atoms with van der Waals surface area (Å²) < 4.78 is 25.0. The Balaban J connectivity index is 2.91. The maximum absolute atomic E-state index is 12.5. The minimum atomic E-state index is -2.43. The molecule has 0 aliphatic carbocycles. The molecular formula is C11H14F2O. The van der Waals surface area contributed by atoms with Crippen molar-refractivity contribution in [1.82, 2.24) is 0 Å². The summed E-state index contributed by atoms with van der Waals surface area (Å²) in [6, 6.07) is 4.91. The average molecular weight is 200 g/mol. The predicted molar refractivity (Wildman–Crippen MR) is 51.5 cm³/mol. The van der Waals surface area contributed by atoms with Crippen molar-refractivity contribution in [3.63, 3.8) is 0 Å². The Morgan fingerprint density at radius 2 is 2.07 bits per heavy atom. The zero-order valence-electron chi connectivity index (χ0n) is 8.13. The van der Waals surface area contributed by atoms with Crippen molar-refractivity contribution in [3.05, 3.63) is 34.9 Å². The van der Waals surface area contributed by atoms with Gasteiger partial charge < -0.3 is 5.11 Å². The Labute approximate surface area is 82.4 Å². The van der Waals surface area contributed by atoms with Crippen molar-refractivity contribution < 1.29 is 13.9 Å². The lowest BCUT2D eigenvalue weighted by Crippen LogP contribution is -1.97. The fourth-order valence-corrected chi connectivity index (χ4v) is 1.43. The van der Waals surface area contributed by atoms with Crippen molar-refractivity contribution in [2.75, 3.05) is 6.61 Å². The third kappa shape index (κ3) is 2.77. The van der Waals surface area contributed by atoms with Crippen molar-refractivity contribution in [2.24, 2.45) is 0 Å². The Kier molecular flexibility index (Phi) is 4.01. The van der Waals surface area contributed by atoms with Gasteiger partial charge in [-0.25, -0.2) is 8.78 Å². The second-order valence-corrected chi connectivity index (χ2v) is 3.33. The Morgan fingerprint density at radius 3 is 2.64 bits per heavy atom. The van der Waals surface area contributed by atoms with Crippen LogP contribution in [0.4, 0.5) is 8.78 Å². The number of benzene rings is 1. The highest BCUT2D eigenvalue weighted by Gasteiger charge is 2.11. The number of hydrogen-bond acceptors (Lipinski definition) is 1. The van der Waals surface area contributed by atoms with E-state index in [0.717, 1.165) is 5.56 Å². The van der Waals surface area contributed by atoms with E-state index in [1.165, 1.54) is 6.07 Å². The van der Waals surface area contributed by atoms with Crippen molar-refractivity contribution in [3.8, 4) is 0 Å². The normalized spacial score (nSPS) is 10.9. The molecule has 0 saturated heterocycles. The maximum Gasteiger partial charge on any atom is 0.264 e. The van der Waals surface area contributed by atoms with Crippen molar-refractivity contribution >= 4 is 0 Å². The number of aliphatic hydroxyl groups excluding tert-OH is 1. The first-order valence-corrected chi connectivity index (χ1v) is 4.63. The number of alkyl halides is 2. The van der Waals surface area contributed by atoms with E-state index in [-0.39, 0.29) is 12.2 Å². The molecule has 3 heteroatoms. The van der Waals surface area contributed by atoms with E-state index in [1.807, 2.05) is 6.92 Å². The number of hydrogen-bond donors (Lipinski definition) is 1. The van der Waals surface area contributed by atoms with Crippen LogP contribution in [0.2, 0.25) is 0 Å². The smallest absolute Gasteiger partial charge is 0.264 e. The van der Waals surface area contributed by atoms with Gasteiger partial charge in [-0.05, 0) is 25.3 Å². The Morgan fingerprint density at radius 1 is 1.36 bits per heavy atom. The van der Waals surface area contributed by atoms with Gasteiger partial charge in [-0.15, -0.1) is 0 Å². The van der Waals surface area contributed by atoms with E-state index in [2.05, 4.69) is 0 Å². The fraction of sp³-hybridized carbons (Fsp3) is 0.455. The molecule has 0 spiro atoms. The Hall–Kier alpha value is -0.960. The minimum Gasteiger partial charge on any atom is -0.396 e. The van der Waals surface area contributed by atoms with Crippen molar-refractivity contribution in [1.29, 1.82) is 0 Å². The molecule has 0 radical (unpaired) electrons. The molecule has 0 aromatic heterocycles. The van der Waals surface area contributed by atoms with Crippen LogP contribution >= 0.6 is 0 Å². The first-order valence-electron chi connectivity index (χ1n) is 4.63. The number of aryl methyl sites for hydroxylation is 2. The highest BCUT2D eigenvalue weighted by molar-refractivity contribution is 5.32. The predicted octanol–water partition coefficient (Wildman–Crippen LogP) is 2.86. The van der Waals surface area contributed by atoms with Gasteiger partial charge in [0.1, 0.15) is 0 Å². The number of rotatable bonds is 4. The lowest BCUT2D eigenvalue weighted by molar-refractivity contribution is 0.150. The first kappa shape index (κ1) is 11.1. The summed E-state index contributed by atoms with van der Waals surface area (Å²) in [6.45, 7) is 1.91. The van der Waals surface area contributed by atoms with Crippen LogP contribution in [0.5, 0.6) is 0 Å². The molecule has 0 aliphatic heterocycles.